The standard InChI is InChI=1S/C29H31N3/c1-21(2)24-17-9-10-19-26(24)32-29-25(18-11-12-20-30-29)28(31-32)27(22-13-5-3-6-14-22)23-15-7-4-8-16-23/h3-10,13-17,19,21,27,30H,11-12,18,20H2,1-2H3. The lowest BCUT2D eigenvalue weighted by Crippen LogP contribution is -2.10. The zero-order chi connectivity index (χ0) is 21.9. The van der Waals surface area contributed by atoms with E-state index in [9.17, 15) is 0 Å². The van der Waals surface area contributed by atoms with Crippen molar-refractivity contribution in [2.24, 2.45) is 0 Å². The summed E-state index contributed by atoms with van der Waals surface area (Å²) in [5.74, 6) is 1.71. The predicted molar refractivity (Wildman–Crippen MR) is 133 cm³/mol. The molecule has 162 valence electrons. The number of anilines is 1. The second kappa shape index (κ2) is 9.04. The molecule has 1 aliphatic rings. The Morgan fingerprint density at radius 3 is 2.06 bits per heavy atom. The number of aromatic nitrogens is 2. The molecular formula is C29H31N3. The average molecular weight is 422 g/mol. The Morgan fingerprint density at radius 1 is 0.781 bits per heavy atom. The van der Waals surface area contributed by atoms with Crippen LogP contribution in [0.3, 0.4) is 0 Å². The molecule has 0 bridgehead atoms. The Balaban J connectivity index is 1.76. The maximum Gasteiger partial charge on any atom is 0.133 e. The maximum atomic E-state index is 5.35. The second-order valence-corrected chi connectivity index (χ2v) is 8.98. The first kappa shape index (κ1) is 20.6. The van der Waals surface area contributed by atoms with Crippen LogP contribution < -0.4 is 5.32 Å². The van der Waals surface area contributed by atoms with Crippen LogP contribution in [0.4, 0.5) is 5.82 Å². The van der Waals surface area contributed by atoms with Crippen LogP contribution in [0.25, 0.3) is 5.69 Å². The van der Waals surface area contributed by atoms with Crippen LogP contribution in [0.2, 0.25) is 0 Å². The molecule has 3 heteroatoms. The monoisotopic (exact) mass is 421 g/mol. The van der Waals surface area contributed by atoms with Crippen molar-refractivity contribution in [1.29, 1.82) is 0 Å². The van der Waals surface area contributed by atoms with E-state index in [1.807, 2.05) is 0 Å². The minimum absolute atomic E-state index is 0.110. The lowest BCUT2D eigenvalue weighted by molar-refractivity contribution is 0.748. The van der Waals surface area contributed by atoms with E-state index in [0.717, 1.165) is 13.0 Å². The number of hydrogen-bond donors (Lipinski definition) is 1. The molecule has 0 aliphatic carbocycles. The number of nitrogens with zero attached hydrogens (tertiary/aromatic N) is 2. The van der Waals surface area contributed by atoms with Gasteiger partial charge < -0.3 is 5.32 Å². The van der Waals surface area contributed by atoms with Gasteiger partial charge in [-0.05, 0) is 47.9 Å². The lowest BCUT2D eigenvalue weighted by Gasteiger charge is -2.18. The molecule has 0 saturated carbocycles. The first-order chi connectivity index (χ1) is 15.7. The molecule has 0 amide bonds. The van der Waals surface area contributed by atoms with Crippen molar-refractivity contribution in [2.75, 3.05) is 11.9 Å². The van der Waals surface area contributed by atoms with Crippen molar-refractivity contribution in [3.05, 3.63) is 113 Å². The van der Waals surface area contributed by atoms with Crippen LogP contribution in [0.5, 0.6) is 0 Å². The van der Waals surface area contributed by atoms with Crippen LogP contribution in [0.1, 0.15) is 66.5 Å². The van der Waals surface area contributed by atoms with Gasteiger partial charge >= 0.3 is 0 Å². The molecule has 2 heterocycles. The van der Waals surface area contributed by atoms with Crippen molar-refractivity contribution < 1.29 is 0 Å². The van der Waals surface area contributed by atoms with Gasteiger partial charge in [0.25, 0.3) is 0 Å². The molecule has 4 aromatic rings. The van der Waals surface area contributed by atoms with E-state index in [1.165, 1.54) is 52.3 Å². The Bertz CT molecular complexity index is 1140. The highest BCUT2D eigenvalue weighted by atomic mass is 15.3. The number of para-hydroxylation sites is 1. The highest BCUT2D eigenvalue weighted by Crippen LogP contribution is 2.39. The van der Waals surface area contributed by atoms with E-state index in [1.54, 1.807) is 0 Å². The van der Waals surface area contributed by atoms with Crippen LogP contribution in [0.15, 0.2) is 84.9 Å². The normalized spacial score (nSPS) is 13.6. The Morgan fingerprint density at radius 2 is 1.41 bits per heavy atom. The molecule has 0 unspecified atom stereocenters. The number of fused-ring (bicyclic) bond motifs is 1. The molecule has 0 spiro atoms. The summed E-state index contributed by atoms with van der Waals surface area (Å²) in [5, 5.41) is 9.09. The highest BCUT2D eigenvalue weighted by Gasteiger charge is 2.29. The number of benzene rings is 3. The Labute approximate surface area is 191 Å². The molecule has 3 aromatic carbocycles. The summed E-state index contributed by atoms with van der Waals surface area (Å²) < 4.78 is 2.18. The maximum absolute atomic E-state index is 5.35. The number of rotatable bonds is 5. The minimum Gasteiger partial charge on any atom is -0.370 e. The molecule has 1 aromatic heterocycles. The van der Waals surface area contributed by atoms with E-state index in [4.69, 9.17) is 5.10 Å². The molecular weight excluding hydrogens is 390 g/mol. The highest BCUT2D eigenvalue weighted by molar-refractivity contribution is 5.59. The fraction of sp³-hybridized carbons (Fsp3) is 0.276. The van der Waals surface area contributed by atoms with Gasteiger partial charge in [0.1, 0.15) is 5.82 Å². The molecule has 0 saturated heterocycles. The fourth-order valence-corrected chi connectivity index (χ4v) is 4.90. The molecule has 32 heavy (non-hydrogen) atoms. The van der Waals surface area contributed by atoms with E-state index < -0.39 is 0 Å². The quantitative estimate of drug-likeness (QED) is 0.379. The molecule has 0 atom stereocenters. The molecule has 0 radical (unpaired) electrons. The summed E-state index contributed by atoms with van der Waals surface area (Å²) in [7, 11) is 0. The largest absolute Gasteiger partial charge is 0.370 e. The van der Waals surface area contributed by atoms with E-state index in [2.05, 4.69) is 109 Å². The van der Waals surface area contributed by atoms with Crippen LogP contribution in [0, 0.1) is 0 Å². The van der Waals surface area contributed by atoms with Gasteiger partial charge in [-0.3, -0.25) is 0 Å². The summed E-state index contributed by atoms with van der Waals surface area (Å²) in [5.41, 5.74) is 7.61. The summed E-state index contributed by atoms with van der Waals surface area (Å²) in [6.07, 6.45) is 3.42. The van der Waals surface area contributed by atoms with Crippen molar-refractivity contribution >= 4 is 5.82 Å². The van der Waals surface area contributed by atoms with Crippen molar-refractivity contribution in [3.8, 4) is 5.69 Å². The van der Waals surface area contributed by atoms with Crippen LogP contribution >= 0.6 is 0 Å². The van der Waals surface area contributed by atoms with Crippen LogP contribution in [-0.2, 0) is 6.42 Å². The van der Waals surface area contributed by atoms with Gasteiger partial charge in [-0.2, -0.15) is 5.10 Å². The van der Waals surface area contributed by atoms with E-state index in [0.29, 0.717) is 5.92 Å². The van der Waals surface area contributed by atoms with Crippen molar-refractivity contribution in [3.63, 3.8) is 0 Å². The summed E-state index contributed by atoms with van der Waals surface area (Å²) in [4.78, 5) is 0. The predicted octanol–water partition coefficient (Wildman–Crippen LogP) is 6.92. The van der Waals surface area contributed by atoms with E-state index >= 15 is 0 Å². The fourth-order valence-electron chi connectivity index (χ4n) is 4.90. The Kier molecular flexibility index (Phi) is 5.81. The van der Waals surface area contributed by atoms with E-state index in [-0.39, 0.29) is 5.92 Å². The van der Waals surface area contributed by atoms with Gasteiger partial charge in [-0.1, -0.05) is 92.7 Å². The zero-order valence-corrected chi connectivity index (χ0v) is 19.0. The zero-order valence-electron chi connectivity index (χ0n) is 19.0. The third-order valence-corrected chi connectivity index (χ3v) is 6.49. The first-order valence-corrected chi connectivity index (χ1v) is 11.8. The SMILES string of the molecule is CC(C)c1ccccc1-n1nc(C(c2ccccc2)c2ccccc2)c2c1NCCCC2. The molecule has 5 rings (SSSR count). The smallest absolute Gasteiger partial charge is 0.133 e. The topological polar surface area (TPSA) is 29.9 Å². The van der Waals surface area contributed by atoms with Gasteiger partial charge in [-0.25, -0.2) is 4.68 Å². The van der Waals surface area contributed by atoms with Crippen molar-refractivity contribution in [1.82, 2.24) is 9.78 Å². The van der Waals surface area contributed by atoms with Gasteiger partial charge in [0.15, 0.2) is 0 Å². The minimum atomic E-state index is 0.110. The third-order valence-electron chi connectivity index (χ3n) is 6.49. The molecule has 1 aliphatic heterocycles. The van der Waals surface area contributed by atoms with Gasteiger partial charge in [0, 0.05) is 12.1 Å². The molecule has 1 N–H and O–H groups in total. The summed E-state index contributed by atoms with van der Waals surface area (Å²) in [6, 6.07) is 30.3. The summed E-state index contributed by atoms with van der Waals surface area (Å²) >= 11 is 0. The van der Waals surface area contributed by atoms with Crippen molar-refractivity contribution in [2.45, 2.75) is 44.9 Å². The summed E-state index contributed by atoms with van der Waals surface area (Å²) in [6.45, 7) is 5.50. The lowest BCUT2D eigenvalue weighted by atomic mass is 9.86. The second-order valence-electron chi connectivity index (χ2n) is 8.98. The van der Waals surface area contributed by atoms with Gasteiger partial charge in [0.2, 0.25) is 0 Å². The van der Waals surface area contributed by atoms with Crippen LogP contribution in [-0.4, -0.2) is 16.3 Å². The van der Waals surface area contributed by atoms with Gasteiger partial charge in [-0.15, -0.1) is 0 Å². The number of hydrogen-bond acceptors (Lipinski definition) is 2. The first-order valence-electron chi connectivity index (χ1n) is 11.8. The van der Waals surface area contributed by atoms with Gasteiger partial charge in [0.05, 0.1) is 17.3 Å². The molecule has 3 nitrogen and oxygen atoms in total. The average Bonchev–Trinajstić information content (AvgIpc) is 3.01. The molecule has 0 fully saturated rings. The Hall–Kier alpha value is -3.33. The number of nitrogens with one attached hydrogen (secondary N) is 1. The third kappa shape index (κ3) is 3.84.